The molecule has 2 nitrogen and oxygen atoms in total. The van der Waals surface area contributed by atoms with Crippen molar-refractivity contribution in [1.82, 2.24) is 0 Å². The van der Waals surface area contributed by atoms with E-state index in [1.807, 2.05) is 18.2 Å². The van der Waals surface area contributed by atoms with E-state index in [-0.39, 0.29) is 6.04 Å². The Morgan fingerprint density at radius 2 is 2.13 bits per heavy atom. The number of nitrogens with two attached hydrogens (primary N) is 1. The van der Waals surface area contributed by atoms with Crippen molar-refractivity contribution < 1.29 is 4.74 Å². The molecule has 2 unspecified atom stereocenters. The molecule has 2 atom stereocenters. The van der Waals surface area contributed by atoms with Crippen LogP contribution in [0.3, 0.4) is 0 Å². The molecule has 0 fully saturated rings. The minimum Gasteiger partial charge on any atom is -0.497 e. The molecule has 0 aliphatic heterocycles. The molecule has 15 heavy (non-hydrogen) atoms. The van der Waals surface area contributed by atoms with Gasteiger partial charge in [0.2, 0.25) is 0 Å². The van der Waals surface area contributed by atoms with E-state index in [4.69, 9.17) is 10.5 Å². The Bertz CT molecular complexity index is 327. The van der Waals surface area contributed by atoms with Gasteiger partial charge in [-0.25, -0.2) is 0 Å². The maximum Gasteiger partial charge on any atom is 0.120 e. The summed E-state index contributed by atoms with van der Waals surface area (Å²) < 4.78 is 6.17. The Morgan fingerprint density at radius 3 is 2.60 bits per heavy atom. The molecular formula is C12H18BrNO. The van der Waals surface area contributed by atoms with E-state index in [0.29, 0.717) is 5.92 Å². The SMILES string of the molecule is CCC(C)C(N)c1ccc(OC)cc1Br. The van der Waals surface area contributed by atoms with Crippen molar-refractivity contribution in [2.75, 3.05) is 7.11 Å². The fraction of sp³-hybridized carbons (Fsp3) is 0.500. The summed E-state index contributed by atoms with van der Waals surface area (Å²) in [5, 5.41) is 0. The molecule has 0 aliphatic rings. The summed E-state index contributed by atoms with van der Waals surface area (Å²) in [5.74, 6) is 1.33. The first-order valence-electron chi connectivity index (χ1n) is 5.19. The highest BCUT2D eigenvalue weighted by atomic mass is 79.9. The second-order valence-corrected chi connectivity index (χ2v) is 4.65. The zero-order chi connectivity index (χ0) is 11.4. The molecule has 0 heterocycles. The number of ether oxygens (including phenoxy) is 1. The van der Waals surface area contributed by atoms with Gasteiger partial charge >= 0.3 is 0 Å². The molecule has 0 aromatic heterocycles. The average Bonchev–Trinajstić information content (AvgIpc) is 2.26. The number of benzene rings is 1. The minimum absolute atomic E-state index is 0.0790. The zero-order valence-electron chi connectivity index (χ0n) is 9.46. The Labute approximate surface area is 99.9 Å². The van der Waals surface area contributed by atoms with Crippen LogP contribution in [0.15, 0.2) is 22.7 Å². The van der Waals surface area contributed by atoms with Crippen LogP contribution in [-0.2, 0) is 0 Å². The third kappa shape index (κ3) is 2.95. The molecule has 0 saturated heterocycles. The smallest absolute Gasteiger partial charge is 0.120 e. The van der Waals surface area contributed by atoms with Gasteiger partial charge in [0.25, 0.3) is 0 Å². The lowest BCUT2D eigenvalue weighted by molar-refractivity contribution is 0.413. The van der Waals surface area contributed by atoms with Crippen LogP contribution in [0.4, 0.5) is 0 Å². The van der Waals surface area contributed by atoms with Gasteiger partial charge in [-0.05, 0) is 23.6 Å². The third-order valence-electron chi connectivity index (χ3n) is 2.82. The minimum atomic E-state index is 0.0790. The average molecular weight is 272 g/mol. The summed E-state index contributed by atoms with van der Waals surface area (Å²) in [5.41, 5.74) is 7.31. The van der Waals surface area contributed by atoms with Gasteiger partial charge in [-0.15, -0.1) is 0 Å². The maximum absolute atomic E-state index is 6.17. The first-order valence-corrected chi connectivity index (χ1v) is 5.98. The predicted octanol–water partition coefficient (Wildman–Crippen LogP) is 3.50. The molecule has 0 bridgehead atoms. The van der Waals surface area contributed by atoms with E-state index < -0.39 is 0 Å². The van der Waals surface area contributed by atoms with Crippen LogP contribution in [0.1, 0.15) is 31.9 Å². The highest BCUT2D eigenvalue weighted by Gasteiger charge is 2.15. The van der Waals surface area contributed by atoms with Crippen LogP contribution in [0, 0.1) is 5.92 Å². The van der Waals surface area contributed by atoms with E-state index in [2.05, 4.69) is 29.8 Å². The lowest BCUT2D eigenvalue weighted by atomic mass is 9.93. The highest BCUT2D eigenvalue weighted by Crippen LogP contribution is 2.30. The van der Waals surface area contributed by atoms with Gasteiger partial charge in [0, 0.05) is 10.5 Å². The number of hydrogen-bond acceptors (Lipinski definition) is 2. The monoisotopic (exact) mass is 271 g/mol. The molecule has 0 saturated carbocycles. The van der Waals surface area contributed by atoms with Gasteiger partial charge in [0.05, 0.1) is 7.11 Å². The van der Waals surface area contributed by atoms with Crippen LogP contribution in [0.25, 0.3) is 0 Å². The summed E-state index contributed by atoms with van der Waals surface area (Å²) in [6.07, 6.45) is 1.08. The van der Waals surface area contributed by atoms with Crippen LogP contribution >= 0.6 is 15.9 Å². The van der Waals surface area contributed by atoms with Crippen molar-refractivity contribution in [2.45, 2.75) is 26.3 Å². The molecule has 1 aromatic rings. The Morgan fingerprint density at radius 1 is 1.47 bits per heavy atom. The van der Waals surface area contributed by atoms with Crippen molar-refractivity contribution in [3.05, 3.63) is 28.2 Å². The summed E-state index contributed by atoms with van der Waals surface area (Å²) in [4.78, 5) is 0. The second-order valence-electron chi connectivity index (χ2n) is 3.80. The Balaban J connectivity index is 2.95. The topological polar surface area (TPSA) is 35.2 Å². The summed E-state index contributed by atoms with van der Waals surface area (Å²) >= 11 is 3.53. The maximum atomic E-state index is 6.17. The van der Waals surface area contributed by atoms with Gasteiger partial charge in [-0.3, -0.25) is 0 Å². The van der Waals surface area contributed by atoms with E-state index in [9.17, 15) is 0 Å². The number of hydrogen-bond donors (Lipinski definition) is 1. The normalized spacial score (nSPS) is 14.7. The first-order chi connectivity index (χ1) is 7.10. The van der Waals surface area contributed by atoms with Crippen molar-refractivity contribution >= 4 is 15.9 Å². The fourth-order valence-corrected chi connectivity index (χ4v) is 2.09. The summed E-state index contributed by atoms with van der Waals surface area (Å²) in [7, 11) is 1.66. The van der Waals surface area contributed by atoms with E-state index in [0.717, 1.165) is 22.2 Å². The number of halogens is 1. The second kappa shape index (κ2) is 5.52. The quantitative estimate of drug-likeness (QED) is 0.910. The van der Waals surface area contributed by atoms with Crippen LogP contribution in [0.5, 0.6) is 5.75 Å². The van der Waals surface area contributed by atoms with Gasteiger partial charge in [-0.1, -0.05) is 42.3 Å². The number of rotatable bonds is 4. The van der Waals surface area contributed by atoms with Crippen LogP contribution < -0.4 is 10.5 Å². The third-order valence-corrected chi connectivity index (χ3v) is 3.51. The van der Waals surface area contributed by atoms with E-state index >= 15 is 0 Å². The van der Waals surface area contributed by atoms with E-state index in [1.165, 1.54) is 0 Å². The number of methoxy groups -OCH3 is 1. The Hall–Kier alpha value is -0.540. The molecule has 0 aliphatic carbocycles. The molecule has 1 aromatic carbocycles. The van der Waals surface area contributed by atoms with Gasteiger partial charge < -0.3 is 10.5 Å². The largest absolute Gasteiger partial charge is 0.497 e. The van der Waals surface area contributed by atoms with Crippen LogP contribution in [-0.4, -0.2) is 7.11 Å². The standard InChI is InChI=1S/C12H18BrNO/c1-4-8(2)12(14)10-6-5-9(15-3)7-11(10)13/h5-8,12H,4,14H2,1-3H3. The predicted molar refractivity (Wildman–Crippen MR) is 67.1 cm³/mol. The molecule has 2 N–H and O–H groups in total. The molecule has 3 heteroatoms. The lowest BCUT2D eigenvalue weighted by Crippen LogP contribution is -2.18. The first kappa shape index (κ1) is 12.5. The van der Waals surface area contributed by atoms with Crippen molar-refractivity contribution in [2.24, 2.45) is 11.7 Å². The molecule has 0 spiro atoms. The molecular weight excluding hydrogens is 254 g/mol. The Kier molecular flexibility index (Phi) is 4.61. The molecule has 84 valence electrons. The van der Waals surface area contributed by atoms with Crippen molar-refractivity contribution in [3.8, 4) is 5.75 Å². The fourth-order valence-electron chi connectivity index (χ4n) is 1.47. The highest BCUT2D eigenvalue weighted by molar-refractivity contribution is 9.10. The van der Waals surface area contributed by atoms with Gasteiger partial charge in [0.15, 0.2) is 0 Å². The summed E-state index contributed by atoms with van der Waals surface area (Å²) in [6, 6.07) is 6.01. The van der Waals surface area contributed by atoms with Crippen molar-refractivity contribution in [1.29, 1.82) is 0 Å². The van der Waals surface area contributed by atoms with E-state index in [1.54, 1.807) is 7.11 Å². The molecule has 0 radical (unpaired) electrons. The van der Waals surface area contributed by atoms with Crippen LogP contribution in [0.2, 0.25) is 0 Å². The zero-order valence-corrected chi connectivity index (χ0v) is 11.0. The lowest BCUT2D eigenvalue weighted by Gasteiger charge is -2.20. The molecule has 0 amide bonds. The van der Waals surface area contributed by atoms with Gasteiger partial charge in [0.1, 0.15) is 5.75 Å². The molecule has 1 rings (SSSR count). The summed E-state index contributed by atoms with van der Waals surface area (Å²) in [6.45, 7) is 4.32. The van der Waals surface area contributed by atoms with Gasteiger partial charge in [-0.2, -0.15) is 0 Å². The van der Waals surface area contributed by atoms with Crippen molar-refractivity contribution in [3.63, 3.8) is 0 Å².